The van der Waals surface area contributed by atoms with Crippen molar-refractivity contribution in [3.8, 4) is 0 Å². The Bertz CT molecular complexity index is 753. The van der Waals surface area contributed by atoms with Crippen molar-refractivity contribution in [2.75, 3.05) is 6.61 Å². The molecule has 0 aromatic heterocycles. The average molecular weight is 364 g/mol. The molecule has 0 radical (unpaired) electrons. The predicted molar refractivity (Wildman–Crippen MR) is 92.8 cm³/mol. The molecule has 0 aliphatic heterocycles. The predicted octanol–water partition coefficient (Wildman–Crippen LogP) is -0.0699. The second-order valence-electron chi connectivity index (χ2n) is 9.41. The monoisotopic (exact) mass is 364 g/mol. The number of carbonyl (C=O) groups excluding carboxylic acids is 1. The lowest BCUT2D eigenvalue weighted by atomic mass is 9.59. The first-order valence-corrected chi connectivity index (χ1v) is 9.27. The van der Waals surface area contributed by atoms with Crippen LogP contribution < -0.4 is 0 Å². The number of hydrogen-bond acceptors (Lipinski definition) is 6. The van der Waals surface area contributed by atoms with E-state index in [0.29, 0.717) is 11.1 Å². The lowest BCUT2D eigenvalue weighted by Gasteiger charge is -2.51. The number of fused-ring (bicyclic) bond motifs is 5. The zero-order valence-electron chi connectivity index (χ0n) is 15.6. The Morgan fingerprint density at radius 2 is 1.81 bits per heavy atom. The summed E-state index contributed by atoms with van der Waals surface area (Å²) in [6.45, 7) is 6.63. The molecule has 6 heteroatoms. The molecule has 2 fully saturated rings. The molecule has 2 saturated carbocycles. The van der Waals surface area contributed by atoms with Crippen molar-refractivity contribution in [1.82, 2.24) is 0 Å². The highest BCUT2D eigenvalue weighted by Gasteiger charge is 2.84. The molecule has 144 valence electrons. The smallest absolute Gasteiger partial charge is 0.190 e. The Morgan fingerprint density at radius 3 is 2.38 bits per heavy atom. The number of ketones is 1. The molecule has 0 heterocycles. The maximum atomic E-state index is 12.7. The van der Waals surface area contributed by atoms with Crippen LogP contribution in [0.2, 0.25) is 0 Å². The van der Waals surface area contributed by atoms with Crippen LogP contribution in [-0.2, 0) is 4.79 Å². The van der Waals surface area contributed by atoms with E-state index in [2.05, 4.69) is 0 Å². The first kappa shape index (κ1) is 18.3. The molecule has 0 bridgehead atoms. The molecule has 4 rings (SSSR count). The van der Waals surface area contributed by atoms with E-state index in [4.69, 9.17) is 0 Å². The van der Waals surface area contributed by atoms with E-state index >= 15 is 0 Å². The van der Waals surface area contributed by atoms with Gasteiger partial charge < -0.3 is 25.5 Å². The molecule has 0 saturated heterocycles. The summed E-state index contributed by atoms with van der Waals surface area (Å²) in [7, 11) is 0. The van der Waals surface area contributed by atoms with Crippen molar-refractivity contribution in [2.45, 2.75) is 57.0 Å². The molecule has 4 aliphatic rings. The van der Waals surface area contributed by atoms with Crippen LogP contribution >= 0.6 is 0 Å². The van der Waals surface area contributed by atoms with Gasteiger partial charge in [-0.25, -0.2) is 0 Å². The highest BCUT2D eigenvalue weighted by atomic mass is 16.4. The molecule has 6 nitrogen and oxygen atoms in total. The summed E-state index contributed by atoms with van der Waals surface area (Å²) in [5.74, 6) is -3.14. The normalized spacial score (nSPS) is 54.5. The molecule has 0 amide bonds. The van der Waals surface area contributed by atoms with Crippen LogP contribution in [0.15, 0.2) is 23.3 Å². The van der Waals surface area contributed by atoms with Crippen molar-refractivity contribution in [1.29, 1.82) is 0 Å². The topological polar surface area (TPSA) is 118 Å². The van der Waals surface area contributed by atoms with Gasteiger partial charge in [0.25, 0.3) is 0 Å². The van der Waals surface area contributed by atoms with Gasteiger partial charge in [-0.15, -0.1) is 0 Å². The van der Waals surface area contributed by atoms with E-state index in [9.17, 15) is 30.3 Å². The first-order valence-electron chi connectivity index (χ1n) is 9.27. The number of hydrogen-bond donors (Lipinski definition) is 5. The van der Waals surface area contributed by atoms with E-state index in [-0.39, 0.29) is 13.0 Å². The van der Waals surface area contributed by atoms with Gasteiger partial charge in [0.2, 0.25) is 0 Å². The van der Waals surface area contributed by atoms with Gasteiger partial charge >= 0.3 is 0 Å². The van der Waals surface area contributed by atoms with Gasteiger partial charge in [0.05, 0.1) is 18.3 Å². The largest absolute Gasteiger partial charge is 0.392 e. The fourth-order valence-corrected chi connectivity index (χ4v) is 6.45. The number of rotatable bonds is 1. The van der Waals surface area contributed by atoms with Crippen molar-refractivity contribution in [3.63, 3.8) is 0 Å². The highest BCUT2D eigenvalue weighted by molar-refractivity contribution is 6.04. The highest BCUT2D eigenvalue weighted by Crippen LogP contribution is 2.74. The van der Waals surface area contributed by atoms with Crippen molar-refractivity contribution in [3.05, 3.63) is 23.3 Å². The number of carbonyl (C=O) groups is 1. The van der Waals surface area contributed by atoms with Crippen LogP contribution in [0.3, 0.4) is 0 Å². The van der Waals surface area contributed by atoms with Gasteiger partial charge in [-0.1, -0.05) is 32.9 Å². The minimum Gasteiger partial charge on any atom is -0.392 e. The van der Waals surface area contributed by atoms with Gasteiger partial charge in [0.1, 0.15) is 11.2 Å². The number of aliphatic hydroxyl groups is 5. The quantitative estimate of drug-likeness (QED) is 0.416. The summed E-state index contributed by atoms with van der Waals surface area (Å²) >= 11 is 0. The average Bonchev–Trinajstić information content (AvgIpc) is 2.97. The maximum Gasteiger partial charge on any atom is 0.190 e. The zero-order chi connectivity index (χ0) is 19.4. The van der Waals surface area contributed by atoms with Gasteiger partial charge in [0, 0.05) is 35.5 Å². The Hall–Kier alpha value is -1.05. The van der Waals surface area contributed by atoms with Gasteiger partial charge in [-0.3, -0.25) is 4.79 Å². The molecular weight excluding hydrogens is 336 g/mol. The van der Waals surface area contributed by atoms with E-state index in [0.717, 1.165) is 0 Å². The lowest BCUT2D eigenvalue weighted by Crippen LogP contribution is -2.65. The Balaban J connectivity index is 1.96. The summed E-state index contributed by atoms with van der Waals surface area (Å²) < 4.78 is 0. The van der Waals surface area contributed by atoms with Crippen molar-refractivity contribution >= 4 is 5.78 Å². The molecule has 0 aromatic rings. The van der Waals surface area contributed by atoms with Crippen molar-refractivity contribution in [2.24, 2.45) is 29.1 Å². The van der Waals surface area contributed by atoms with Crippen LogP contribution in [0, 0.1) is 29.1 Å². The van der Waals surface area contributed by atoms with E-state index in [1.165, 1.54) is 0 Å². The summed E-state index contributed by atoms with van der Waals surface area (Å²) in [5.41, 5.74) is -4.57. The van der Waals surface area contributed by atoms with E-state index in [1.807, 2.05) is 13.8 Å². The standard InChI is InChI=1S/C20H28O6/c1-9-5-13-18(24,15(9)22)7-11(8-21)6-12-14-17(3,4)20(14,26)16(23)10(2)19(12,13)25/h5-6,10,12-14,16,21,23-26H,7-8H2,1-4H3/t10-,12+,13-,14?,16-,18-,19-,20-/m1/s1. The Morgan fingerprint density at radius 1 is 1.19 bits per heavy atom. The second kappa shape index (κ2) is 4.86. The summed E-state index contributed by atoms with van der Waals surface area (Å²) in [6, 6.07) is 0. The third kappa shape index (κ3) is 1.69. The summed E-state index contributed by atoms with van der Waals surface area (Å²) in [6.07, 6.45) is 2.08. The fraction of sp³-hybridized carbons (Fsp3) is 0.750. The minimum atomic E-state index is -1.84. The minimum absolute atomic E-state index is 0.0615. The van der Waals surface area contributed by atoms with Crippen LogP contribution in [0.5, 0.6) is 0 Å². The van der Waals surface area contributed by atoms with Gasteiger partial charge in [0.15, 0.2) is 5.78 Å². The molecule has 0 aromatic carbocycles. The van der Waals surface area contributed by atoms with Gasteiger partial charge in [-0.05, 0) is 18.1 Å². The number of Topliss-reactive ketones (excluding diaryl/α,β-unsaturated/α-hetero) is 1. The second-order valence-corrected chi connectivity index (χ2v) is 9.41. The van der Waals surface area contributed by atoms with Crippen molar-refractivity contribution < 1.29 is 30.3 Å². The van der Waals surface area contributed by atoms with E-state index < -0.39 is 57.8 Å². The molecule has 4 aliphatic carbocycles. The van der Waals surface area contributed by atoms with E-state index in [1.54, 1.807) is 26.0 Å². The number of aliphatic hydroxyl groups excluding tert-OH is 2. The Kier molecular flexibility index (Phi) is 3.42. The zero-order valence-corrected chi connectivity index (χ0v) is 15.6. The summed E-state index contributed by atoms with van der Waals surface area (Å²) in [4.78, 5) is 12.7. The van der Waals surface area contributed by atoms with Crippen LogP contribution in [0.25, 0.3) is 0 Å². The molecular formula is C20H28O6. The van der Waals surface area contributed by atoms with Crippen LogP contribution in [-0.4, -0.2) is 60.8 Å². The van der Waals surface area contributed by atoms with Crippen LogP contribution in [0.4, 0.5) is 0 Å². The molecule has 0 spiro atoms. The lowest BCUT2D eigenvalue weighted by molar-refractivity contribution is -0.209. The first-order chi connectivity index (χ1) is 11.9. The fourth-order valence-electron chi connectivity index (χ4n) is 6.45. The third-order valence-electron chi connectivity index (χ3n) is 8.04. The SMILES string of the molecule is CC1=C[C@H]2[C@@]3(O)[C@H](C)[C@@H](O)[C@]4(O)C([C@@H]3C=C(CO)C[C@]2(O)C1=O)C4(C)C. The molecule has 5 N–H and O–H groups in total. The maximum absolute atomic E-state index is 12.7. The Labute approximate surface area is 152 Å². The van der Waals surface area contributed by atoms with Crippen LogP contribution in [0.1, 0.15) is 34.1 Å². The molecule has 26 heavy (non-hydrogen) atoms. The molecule has 8 atom stereocenters. The molecule has 1 unspecified atom stereocenters. The third-order valence-corrected chi connectivity index (χ3v) is 8.04. The van der Waals surface area contributed by atoms with Gasteiger partial charge in [-0.2, -0.15) is 0 Å². The summed E-state index contributed by atoms with van der Waals surface area (Å²) in [5, 5.41) is 54.9.